The highest BCUT2D eigenvalue weighted by Gasteiger charge is 2.31. The molecule has 1 atom stereocenters. The van der Waals surface area contributed by atoms with E-state index in [0.717, 1.165) is 25.9 Å². The van der Waals surface area contributed by atoms with Crippen LogP contribution in [0.4, 0.5) is 11.8 Å². The minimum atomic E-state index is -0.253. The molecule has 8 nitrogen and oxygen atoms in total. The van der Waals surface area contributed by atoms with Crippen LogP contribution >= 0.6 is 0 Å². The van der Waals surface area contributed by atoms with Crippen molar-refractivity contribution in [2.75, 3.05) is 49.9 Å². The van der Waals surface area contributed by atoms with Crippen molar-refractivity contribution in [2.45, 2.75) is 32.7 Å². The number of piperazine rings is 1. The zero-order valence-corrected chi connectivity index (χ0v) is 15.1. The van der Waals surface area contributed by atoms with Crippen molar-refractivity contribution >= 4 is 17.7 Å². The monoisotopic (exact) mass is 348 g/mol. The van der Waals surface area contributed by atoms with Crippen molar-refractivity contribution in [3.63, 3.8) is 0 Å². The van der Waals surface area contributed by atoms with E-state index in [1.54, 1.807) is 0 Å². The molecule has 1 aromatic rings. The highest BCUT2D eigenvalue weighted by atomic mass is 16.2. The number of anilines is 2. The summed E-state index contributed by atoms with van der Waals surface area (Å²) in [5.41, 5.74) is 5.36. The first kappa shape index (κ1) is 17.7. The molecule has 0 unspecified atom stereocenters. The number of piperidine rings is 1. The second-order valence-electron chi connectivity index (χ2n) is 7.23. The second-order valence-corrected chi connectivity index (χ2v) is 7.23. The SMILES string of the molecule is CC(C)N1CCC[C@@H](C(=O)N2CCN(c3cc(=O)[nH]c(N)n3)CC2)C1. The molecule has 0 aliphatic carbocycles. The number of nitrogens with two attached hydrogens (primary N) is 1. The summed E-state index contributed by atoms with van der Waals surface area (Å²) in [6.07, 6.45) is 2.07. The summed E-state index contributed by atoms with van der Waals surface area (Å²) in [6, 6.07) is 1.94. The lowest BCUT2D eigenvalue weighted by Crippen LogP contribution is -2.53. The van der Waals surface area contributed by atoms with E-state index in [2.05, 4.69) is 28.7 Å². The Morgan fingerprint density at radius 2 is 2.00 bits per heavy atom. The Labute approximate surface area is 148 Å². The zero-order chi connectivity index (χ0) is 18.0. The van der Waals surface area contributed by atoms with Gasteiger partial charge in [0.25, 0.3) is 5.56 Å². The fraction of sp³-hybridized carbons (Fsp3) is 0.706. The Morgan fingerprint density at radius 3 is 2.64 bits per heavy atom. The van der Waals surface area contributed by atoms with E-state index in [4.69, 9.17) is 5.73 Å². The highest BCUT2D eigenvalue weighted by Crippen LogP contribution is 2.22. The molecule has 8 heteroatoms. The predicted molar refractivity (Wildman–Crippen MR) is 97.5 cm³/mol. The minimum Gasteiger partial charge on any atom is -0.369 e. The molecule has 1 aromatic heterocycles. The van der Waals surface area contributed by atoms with E-state index >= 15 is 0 Å². The van der Waals surface area contributed by atoms with Crippen LogP contribution in [0.2, 0.25) is 0 Å². The standard InChI is InChI=1S/C17H28N6O2/c1-12(2)23-5-3-4-13(11-23)16(25)22-8-6-21(7-9-22)14-10-15(24)20-17(18)19-14/h10,12-13H,3-9,11H2,1-2H3,(H3,18,19,20,24)/t13-/m1/s1. The maximum Gasteiger partial charge on any atom is 0.254 e. The van der Waals surface area contributed by atoms with Gasteiger partial charge in [-0.1, -0.05) is 0 Å². The van der Waals surface area contributed by atoms with Crippen LogP contribution < -0.4 is 16.2 Å². The Balaban J connectivity index is 1.58. The van der Waals surface area contributed by atoms with Gasteiger partial charge in [-0.15, -0.1) is 0 Å². The summed E-state index contributed by atoms with van der Waals surface area (Å²) in [5.74, 6) is 1.08. The normalized spacial score (nSPS) is 22.4. The first-order valence-electron chi connectivity index (χ1n) is 9.08. The molecule has 2 aliphatic heterocycles. The van der Waals surface area contributed by atoms with Crippen LogP contribution in [0, 0.1) is 5.92 Å². The summed E-state index contributed by atoms with van der Waals surface area (Å²) in [5, 5.41) is 0. The molecule has 0 spiro atoms. The van der Waals surface area contributed by atoms with Gasteiger partial charge in [-0.25, -0.2) is 0 Å². The number of rotatable bonds is 3. The number of carbonyl (C=O) groups excluding carboxylic acids is 1. The maximum absolute atomic E-state index is 12.9. The van der Waals surface area contributed by atoms with E-state index in [0.29, 0.717) is 38.0 Å². The van der Waals surface area contributed by atoms with Crippen LogP contribution in [0.1, 0.15) is 26.7 Å². The van der Waals surface area contributed by atoms with Gasteiger partial charge >= 0.3 is 0 Å². The number of carbonyl (C=O) groups is 1. The van der Waals surface area contributed by atoms with Gasteiger partial charge in [-0.05, 0) is 33.2 Å². The van der Waals surface area contributed by atoms with Crippen LogP contribution in [-0.4, -0.2) is 71.0 Å². The number of hydrogen-bond acceptors (Lipinski definition) is 6. The second kappa shape index (κ2) is 7.43. The fourth-order valence-corrected chi connectivity index (χ4v) is 3.72. The number of hydrogen-bond donors (Lipinski definition) is 2. The number of aromatic nitrogens is 2. The van der Waals surface area contributed by atoms with Crippen LogP contribution in [0.5, 0.6) is 0 Å². The van der Waals surface area contributed by atoms with Crippen LogP contribution in [0.25, 0.3) is 0 Å². The number of aromatic amines is 1. The molecule has 25 heavy (non-hydrogen) atoms. The third-order valence-electron chi connectivity index (χ3n) is 5.19. The minimum absolute atomic E-state index is 0.107. The highest BCUT2D eigenvalue weighted by molar-refractivity contribution is 5.79. The fourth-order valence-electron chi connectivity index (χ4n) is 3.72. The van der Waals surface area contributed by atoms with Gasteiger partial charge in [0.05, 0.1) is 5.92 Å². The largest absolute Gasteiger partial charge is 0.369 e. The van der Waals surface area contributed by atoms with Crippen LogP contribution in [0.15, 0.2) is 10.9 Å². The molecule has 2 fully saturated rings. The lowest BCUT2D eigenvalue weighted by Gasteiger charge is -2.40. The molecule has 0 aromatic carbocycles. The molecule has 0 saturated carbocycles. The molecule has 3 heterocycles. The lowest BCUT2D eigenvalue weighted by atomic mass is 9.95. The van der Waals surface area contributed by atoms with Gasteiger partial charge in [-0.3, -0.25) is 14.6 Å². The molecule has 3 rings (SSSR count). The maximum atomic E-state index is 12.9. The van der Waals surface area contributed by atoms with Crippen molar-refractivity contribution in [3.8, 4) is 0 Å². The molecule has 2 aliphatic rings. The average molecular weight is 348 g/mol. The summed E-state index contributed by atoms with van der Waals surface area (Å²) < 4.78 is 0. The quantitative estimate of drug-likeness (QED) is 0.805. The van der Waals surface area contributed by atoms with Crippen molar-refractivity contribution < 1.29 is 4.79 Å². The zero-order valence-electron chi connectivity index (χ0n) is 15.1. The number of nitrogen functional groups attached to an aromatic ring is 1. The topological polar surface area (TPSA) is 98.6 Å². The van der Waals surface area contributed by atoms with E-state index in [-0.39, 0.29) is 23.3 Å². The van der Waals surface area contributed by atoms with E-state index in [1.807, 2.05) is 9.80 Å². The van der Waals surface area contributed by atoms with Gasteiger partial charge in [0, 0.05) is 44.8 Å². The van der Waals surface area contributed by atoms with Crippen LogP contribution in [-0.2, 0) is 4.79 Å². The van der Waals surface area contributed by atoms with Crippen LogP contribution in [0.3, 0.4) is 0 Å². The third kappa shape index (κ3) is 4.12. The Kier molecular flexibility index (Phi) is 5.27. The number of amides is 1. The Bertz CT molecular complexity index is 665. The van der Waals surface area contributed by atoms with Gasteiger partial charge < -0.3 is 20.4 Å². The van der Waals surface area contributed by atoms with E-state index in [1.165, 1.54) is 6.07 Å². The van der Waals surface area contributed by atoms with Gasteiger partial charge in [-0.2, -0.15) is 4.98 Å². The number of likely N-dealkylation sites (tertiary alicyclic amines) is 1. The lowest BCUT2D eigenvalue weighted by molar-refractivity contribution is -0.137. The van der Waals surface area contributed by atoms with Crippen molar-refractivity contribution in [1.29, 1.82) is 0 Å². The average Bonchev–Trinajstić information content (AvgIpc) is 2.60. The van der Waals surface area contributed by atoms with Crippen molar-refractivity contribution in [2.24, 2.45) is 5.92 Å². The molecular formula is C17H28N6O2. The van der Waals surface area contributed by atoms with Gasteiger partial charge in [0.15, 0.2) is 0 Å². The molecule has 138 valence electrons. The number of nitrogens with zero attached hydrogens (tertiary/aromatic N) is 4. The molecular weight excluding hydrogens is 320 g/mol. The summed E-state index contributed by atoms with van der Waals surface area (Å²) >= 11 is 0. The molecule has 0 radical (unpaired) electrons. The predicted octanol–water partition coefficient (Wildman–Crippen LogP) is 0.121. The molecule has 3 N–H and O–H groups in total. The molecule has 1 amide bonds. The summed E-state index contributed by atoms with van der Waals surface area (Å²) in [7, 11) is 0. The molecule has 0 bridgehead atoms. The van der Waals surface area contributed by atoms with Crippen molar-refractivity contribution in [1.82, 2.24) is 19.8 Å². The summed E-state index contributed by atoms with van der Waals surface area (Å²) in [4.78, 5) is 37.4. The van der Waals surface area contributed by atoms with E-state index < -0.39 is 0 Å². The van der Waals surface area contributed by atoms with Crippen molar-refractivity contribution in [3.05, 3.63) is 16.4 Å². The Morgan fingerprint density at radius 1 is 1.28 bits per heavy atom. The number of H-pyrrole nitrogens is 1. The number of nitrogens with one attached hydrogen (secondary N) is 1. The first-order valence-corrected chi connectivity index (χ1v) is 9.08. The summed E-state index contributed by atoms with van der Waals surface area (Å²) in [6.45, 7) is 8.98. The Hall–Kier alpha value is -2.09. The van der Waals surface area contributed by atoms with Gasteiger partial charge in [0.2, 0.25) is 11.9 Å². The van der Waals surface area contributed by atoms with E-state index in [9.17, 15) is 9.59 Å². The third-order valence-corrected chi connectivity index (χ3v) is 5.19. The molecule has 2 saturated heterocycles. The smallest absolute Gasteiger partial charge is 0.254 e. The first-order chi connectivity index (χ1) is 11.9. The van der Waals surface area contributed by atoms with Gasteiger partial charge in [0.1, 0.15) is 5.82 Å².